The zero-order valence-corrected chi connectivity index (χ0v) is 12.5. The standard InChI is InChI=1S/C15H31N3/c1-16-12-15(8-4-5-9-15)13-17(2)11-14-7-6-10-18(14)3/h14,16H,4-13H2,1-3H3. The van der Waals surface area contributed by atoms with Crippen LogP contribution in [0.1, 0.15) is 38.5 Å². The van der Waals surface area contributed by atoms with E-state index < -0.39 is 0 Å². The van der Waals surface area contributed by atoms with Crippen LogP contribution in [0.3, 0.4) is 0 Å². The molecule has 0 aromatic carbocycles. The monoisotopic (exact) mass is 253 g/mol. The highest BCUT2D eigenvalue weighted by Crippen LogP contribution is 2.38. The number of rotatable bonds is 6. The predicted octanol–water partition coefficient (Wildman–Crippen LogP) is 1.79. The normalized spacial score (nSPS) is 28.3. The highest BCUT2D eigenvalue weighted by Gasteiger charge is 2.35. The Hall–Kier alpha value is -0.120. The van der Waals surface area contributed by atoms with E-state index in [1.807, 2.05) is 0 Å². The summed E-state index contributed by atoms with van der Waals surface area (Å²) in [7, 11) is 6.71. The molecule has 2 rings (SSSR count). The van der Waals surface area contributed by atoms with Crippen molar-refractivity contribution in [1.82, 2.24) is 15.1 Å². The van der Waals surface area contributed by atoms with Gasteiger partial charge in [-0.3, -0.25) is 0 Å². The molecule has 0 amide bonds. The summed E-state index contributed by atoms with van der Waals surface area (Å²) in [4.78, 5) is 5.13. The van der Waals surface area contributed by atoms with Crippen molar-refractivity contribution in [3.05, 3.63) is 0 Å². The second-order valence-corrected chi connectivity index (χ2v) is 6.71. The van der Waals surface area contributed by atoms with Crippen LogP contribution in [-0.2, 0) is 0 Å². The van der Waals surface area contributed by atoms with Crippen LogP contribution >= 0.6 is 0 Å². The molecule has 0 aromatic heterocycles. The number of hydrogen-bond donors (Lipinski definition) is 1. The number of hydrogen-bond acceptors (Lipinski definition) is 3. The van der Waals surface area contributed by atoms with Crippen LogP contribution in [0.5, 0.6) is 0 Å². The van der Waals surface area contributed by atoms with Crippen LogP contribution in [0.15, 0.2) is 0 Å². The maximum absolute atomic E-state index is 3.42. The van der Waals surface area contributed by atoms with Gasteiger partial charge in [0.05, 0.1) is 0 Å². The average Bonchev–Trinajstić information content (AvgIpc) is 2.90. The number of likely N-dealkylation sites (N-methyl/N-ethyl adjacent to an activating group) is 2. The van der Waals surface area contributed by atoms with Gasteiger partial charge in [0.15, 0.2) is 0 Å². The van der Waals surface area contributed by atoms with Crippen molar-refractivity contribution in [2.75, 3.05) is 47.3 Å². The van der Waals surface area contributed by atoms with E-state index in [1.54, 1.807) is 0 Å². The van der Waals surface area contributed by atoms with Gasteiger partial charge in [0.1, 0.15) is 0 Å². The first kappa shape index (κ1) is 14.3. The molecule has 3 nitrogen and oxygen atoms in total. The Labute approximate surface area is 113 Å². The second kappa shape index (κ2) is 6.36. The molecule has 1 saturated carbocycles. The van der Waals surface area contributed by atoms with Gasteiger partial charge in [-0.15, -0.1) is 0 Å². The molecule has 1 heterocycles. The third-order valence-corrected chi connectivity index (χ3v) is 5.02. The molecular weight excluding hydrogens is 222 g/mol. The fraction of sp³-hybridized carbons (Fsp3) is 1.00. The zero-order valence-electron chi connectivity index (χ0n) is 12.5. The van der Waals surface area contributed by atoms with E-state index in [9.17, 15) is 0 Å². The Bertz CT molecular complexity index is 248. The van der Waals surface area contributed by atoms with E-state index in [0.717, 1.165) is 6.04 Å². The maximum Gasteiger partial charge on any atom is 0.0220 e. The van der Waals surface area contributed by atoms with Gasteiger partial charge >= 0.3 is 0 Å². The summed E-state index contributed by atoms with van der Waals surface area (Å²) in [6.07, 6.45) is 8.46. The Balaban J connectivity index is 1.83. The van der Waals surface area contributed by atoms with E-state index in [-0.39, 0.29) is 0 Å². The van der Waals surface area contributed by atoms with Crippen molar-refractivity contribution in [1.29, 1.82) is 0 Å². The maximum atomic E-state index is 3.42. The molecule has 1 aliphatic carbocycles. The van der Waals surface area contributed by atoms with Gasteiger partial charge in [0.25, 0.3) is 0 Å². The largest absolute Gasteiger partial charge is 0.319 e. The average molecular weight is 253 g/mol. The molecule has 1 atom stereocenters. The van der Waals surface area contributed by atoms with Gasteiger partial charge in [0, 0.05) is 25.7 Å². The van der Waals surface area contributed by atoms with E-state index in [0.29, 0.717) is 5.41 Å². The smallest absolute Gasteiger partial charge is 0.0220 e. The predicted molar refractivity (Wildman–Crippen MR) is 78.0 cm³/mol. The summed E-state index contributed by atoms with van der Waals surface area (Å²) >= 11 is 0. The van der Waals surface area contributed by atoms with Crippen molar-refractivity contribution in [2.45, 2.75) is 44.6 Å². The Kier molecular flexibility index (Phi) is 5.05. The number of nitrogens with one attached hydrogen (secondary N) is 1. The van der Waals surface area contributed by atoms with Gasteiger partial charge < -0.3 is 15.1 Å². The van der Waals surface area contributed by atoms with Crippen molar-refractivity contribution < 1.29 is 0 Å². The van der Waals surface area contributed by atoms with E-state index in [1.165, 1.54) is 64.7 Å². The number of nitrogens with zero attached hydrogens (tertiary/aromatic N) is 2. The second-order valence-electron chi connectivity index (χ2n) is 6.71. The van der Waals surface area contributed by atoms with Crippen molar-refractivity contribution in [3.63, 3.8) is 0 Å². The lowest BCUT2D eigenvalue weighted by atomic mass is 9.85. The molecule has 0 bridgehead atoms. The van der Waals surface area contributed by atoms with E-state index in [4.69, 9.17) is 0 Å². The van der Waals surface area contributed by atoms with Crippen LogP contribution in [0, 0.1) is 5.41 Å². The van der Waals surface area contributed by atoms with Gasteiger partial charge in [-0.1, -0.05) is 12.8 Å². The Morgan fingerprint density at radius 3 is 2.56 bits per heavy atom. The zero-order chi connectivity index (χ0) is 13.0. The fourth-order valence-electron chi connectivity index (χ4n) is 4.10. The Morgan fingerprint density at radius 2 is 2.00 bits per heavy atom. The lowest BCUT2D eigenvalue weighted by Gasteiger charge is -2.35. The molecule has 106 valence electrons. The van der Waals surface area contributed by atoms with E-state index in [2.05, 4.69) is 36.3 Å². The molecule has 2 fully saturated rings. The summed E-state index contributed by atoms with van der Waals surface area (Å²) in [5, 5.41) is 3.42. The van der Waals surface area contributed by atoms with Crippen LogP contribution in [0.4, 0.5) is 0 Å². The van der Waals surface area contributed by atoms with E-state index >= 15 is 0 Å². The Morgan fingerprint density at radius 1 is 1.28 bits per heavy atom. The first-order valence-electron chi connectivity index (χ1n) is 7.69. The molecule has 1 unspecified atom stereocenters. The molecule has 1 aliphatic heterocycles. The van der Waals surface area contributed by atoms with Crippen LogP contribution in [-0.4, -0.2) is 63.2 Å². The molecule has 1 N–H and O–H groups in total. The molecule has 3 heteroatoms. The van der Waals surface area contributed by atoms with Crippen molar-refractivity contribution in [2.24, 2.45) is 5.41 Å². The molecule has 1 saturated heterocycles. The molecule has 0 aromatic rings. The lowest BCUT2D eigenvalue weighted by molar-refractivity contribution is 0.145. The van der Waals surface area contributed by atoms with Gasteiger partial charge in [0.2, 0.25) is 0 Å². The fourth-order valence-corrected chi connectivity index (χ4v) is 4.10. The summed E-state index contributed by atoms with van der Waals surface area (Å²) < 4.78 is 0. The topological polar surface area (TPSA) is 18.5 Å². The van der Waals surface area contributed by atoms with Gasteiger partial charge in [-0.2, -0.15) is 0 Å². The minimum atomic E-state index is 0.556. The summed E-state index contributed by atoms with van der Waals surface area (Å²) in [6, 6.07) is 0.794. The lowest BCUT2D eigenvalue weighted by Crippen LogP contribution is -2.44. The number of likely N-dealkylation sites (tertiary alicyclic amines) is 1. The summed E-state index contributed by atoms with van der Waals surface area (Å²) in [5.74, 6) is 0. The third-order valence-electron chi connectivity index (χ3n) is 5.02. The van der Waals surface area contributed by atoms with Crippen LogP contribution < -0.4 is 5.32 Å². The van der Waals surface area contributed by atoms with Crippen LogP contribution in [0.2, 0.25) is 0 Å². The summed E-state index contributed by atoms with van der Waals surface area (Å²) in [5.41, 5.74) is 0.556. The molecule has 0 radical (unpaired) electrons. The molecule has 0 spiro atoms. The third kappa shape index (κ3) is 3.46. The first-order valence-corrected chi connectivity index (χ1v) is 7.69. The van der Waals surface area contributed by atoms with Gasteiger partial charge in [-0.25, -0.2) is 0 Å². The first-order chi connectivity index (χ1) is 8.65. The molecular formula is C15H31N3. The molecule has 18 heavy (non-hydrogen) atoms. The SMILES string of the molecule is CNCC1(CN(C)CC2CCCN2C)CCCC1. The van der Waals surface area contributed by atoms with Crippen molar-refractivity contribution >= 4 is 0 Å². The molecule has 2 aliphatic rings. The van der Waals surface area contributed by atoms with Crippen LogP contribution in [0.25, 0.3) is 0 Å². The highest BCUT2D eigenvalue weighted by molar-refractivity contribution is 4.90. The quantitative estimate of drug-likeness (QED) is 0.778. The minimum Gasteiger partial charge on any atom is -0.319 e. The summed E-state index contributed by atoms with van der Waals surface area (Å²) in [6.45, 7) is 5.01. The van der Waals surface area contributed by atoms with Crippen molar-refractivity contribution in [3.8, 4) is 0 Å². The highest BCUT2D eigenvalue weighted by atomic mass is 15.2. The minimum absolute atomic E-state index is 0.556. The van der Waals surface area contributed by atoms with Gasteiger partial charge in [-0.05, 0) is 58.8 Å².